The number of aromatic nitrogens is 3. The Morgan fingerprint density at radius 1 is 1.25 bits per heavy atom. The third kappa shape index (κ3) is 2.89. The summed E-state index contributed by atoms with van der Waals surface area (Å²) in [5.74, 6) is 0.485. The number of para-hydroxylation sites is 1. The highest BCUT2D eigenvalue weighted by molar-refractivity contribution is 7.15. The molecule has 1 amide bonds. The van der Waals surface area contributed by atoms with Crippen LogP contribution >= 0.6 is 11.3 Å². The predicted molar refractivity (Wildman–Crippen MR) is 95.4 cm³/mol. The Hall–Kier alpha value is -2.34. The van der Waals surface area contributed by atoms with Crippen LogP contribution in [0.5, 0.6) is 0 Å². The molecule has 1 fully saturated rings. The molecule has 3 aromatic rings. The van der Waals surface area contributed by atoms with Crippen LogP contribution in [0.2, 0.25) is 0 Å². The number of fused-ring (bicyclic) bond motifs is 1. The lowest BCUT2D eigenvalue weighted by molar-refractivity contribution is -0.115. The van der Waals surface area contributed by atoms with Gasteiger partial charge in [-0.2, -0.15) is 0 Å². The molecule has 0 unspecified atom stereocenters. The number of hydrogen-bond acceptors (Lipinski definition) is 5. The summed E-state index contributed by atoms with van der Waals surface area (Å²) in [5, 5.41) is 13.8. The second kappa shape index (κ2) is 5.94. The predicted octanol–water partition coefficient (Wildman–Crippen LogP) is 3.76. The fourth-order valence-electron chi connectivity index (χ4n) is 2.94. The molecule has 1 aliphatic rings. The van der Waals surface area contributed by atoms with Crippen LogP contribution in [0.4, 0.5) is 5.13 Å². The van der Waals surface area contributed by atoms with E-state index in [1.165, 1.54) is 24.2 Å². The minimum absolute atomic E-state index is 0.0724. The highest BCUT2D eigenvalue weighted by Gasteiger charge is 2.27. The van der Waals surface area contributed by atoms with Gasteiger partial charge in [0.05, 0.1) is 11.9 Å². The van der Waals surface area contributed by atoms with Crippen LogP contribution in [0.25, 0.3) is 10.9 Å². The van der Waals surface area contributed by atoms with Gasteiger partial charge >= 0.3 is 0 Å². The van der Waals surface area contributed by atoms with E-state index in [1.54, 1.807) is 0 Å². The molecule has 0 atom stereocenters. The van der Waals surface area contributed by atoms with Crippen molar-refractivity contribution in [1.82, 2.24) is 15.2 Å². The number of amides is 1. The van der Waals surface area contributed by atoms with E-state index in [9.17, 15) is 4.79 Å². The molecule has 0 aliphatic heterocycles. The number of hydrogen-bond donors (Lipinski definition) is 1. The quantitative estimate of drug-likeness (QED) is 0.786. The molecule has 1 aromatic carbocycles. The van der Waals surface area contributed by atoms with Crippen molar-refractivity contribution < 1.29 is 4.79 Å². The number of benzene rings is 1. The van der Waals surface area contributed by atoms with Crippen molar-refractivity contribution in [2.75, 3.05) is 5.32 Å². The number of carbonyl (C=O) groups excluding carboxylic acids is 1. The van der Waals surface area contributed by atoms with Crippen LogP contribution < -0.4 is 5.32 Å². The lowest BCUT2D eigenvalue weighted by Gasteiger charge is -2.12. The molecule has 5 nitrogen and oxygen atoms in total. The normalized spacial score (nSPS) is 14.1. The van der Waals surface area contributed by atoms with Crippen molar-refractivity contribution in [3.05, 3.63) is 46.1 Å². The van der Waals surface area contributed by atoms with E-state index in [0.717, 1.165) is 32.7 Å². The van der Waals surface area contributed by atoms with Gasteiger partial charge < -0.3 is 5.32 Å². The Morgan fingerprint density at radius 2 is 2.04 bits per heavy atom. The zero-order valence-corrected chi connectivity index (χ0v) is 14.5. The van der Waals surface area contributed by atoms with E-state index in [2.05, 4.69) is 27.4 Å². The summed E-state index contributed by atoms with van der Waals surface area (Å²) in [5.41, 5.74) is 3.97. The summed E-state index contributed by atoms with van der Waals surface area (Å²) in [6, 6.07) is 8.02. The van der Waals surface area contributed by atoms with Gasteiger partial charge in [0, 0.05) is 17.0 Å². The van der Waals surface area contributed by atoms with E-state index in [1.807, 2.05) is 31.2 Å². The van der Waals surface area contributed by atoms with E-state index in [-0.39, 0.29) is 5.91 Å². The maximum atomic E-state index is 12.4. The van der Waals surface area contributed by atoms with Crippen molar-refractivity contribution >= 4 is 33.3 Å². The van der Waals surface area contributed by atoms with Crippen LogP contribution in [0.15, 0.2) is 24.3 Å². The SMILES string of the molecule is Cc1nc2ccccc2c(C)c1CC(=O)Nc1nnc(C2CC2)s1. The molecule has 24 heavy (non-hydrogen) atoms. The first-order valence-corrected chi connectivity index (χ1v) is 8.91. The highest BCUT2D eigenvalue weighted by Crippen LogP contribution is 2.42. The molecule has 4 rings (SSSR count). The first-order valence-electron chi connectivity index (χ1n) is 8.10. The van der Waals surface area contributed by atoms with Crippen molar-refractivity contribution in [3.8, 4) is 0 Å². The third-order valence-corrected chi connectivity index (χ3v) is 5.44. The number of aryl methyl sites for hydroxylation is 2. The van der Waals surface area contributed by atoms with Gasteiger partial charge in [0.1, 0.15) is 5.01 Å². The zero-order chi connectivity index (χ0) is 16.7. The molecule has 2 heterocycles. The van der Waals surface area contributed by atoms with Gasteiger partial charge in [-0.1, -0.05) is 29.5 Å². The molecule has 0 bridgehead atoms. The number of carbonyl (C=O) groups is 1. The van der Waals surface area contributed by atoms with Crippen molar-refractivity contribution in [2.45, 2.75) is 39.0 Å². The number of pyridine rings is 1. The van der Waals surface area contributed by atoms with Gasteiger partial charge in [0.25, 0.3) is 0 Å². The summed E-state index contributed by atoms with van der Waals surface area (Å²) in [7, 11) is 0. The average molecular weight is 338 g/mol. The summed E-state index contributed by atoms with van der Waals surface area (Å²) in [4.78, 5) is 17.0. The lowest BCUT2D eigenvalue weighted by Crippen LogP contribution is -2.16. The fourth-order valence-corrected chi connectivity index (χ4v) is 3.86. The van der Waals surface area contributed by atoms with Gasteiger partial charge in [0.2, 0.25) is 11.0 Å². The van der Waals surface area contributed by atoms with E-state index < -0.39 is 0 Å². The van der Waals surface area contributed by atoms with Crippen LogP contribution in [0, 0.1) is 13.8 Å². The molecule has 1 saturated carbocycles. The summed E-state index contributed by atoms with van der Waals surface area (Å²) < 4.78 is 0. The second-order valence-corrected chi connectivity index (χ2v) is 7.27. The zero-order valence-electron chi connectivity index (χ0n) is 13.7. The topological polar surface area (TPSA) is 67.8 Å². The Kier molecular flexibility index (Phi) is 3.76. The van der Waals surface area contributed by atoms with Crippen LogP contribution in [-0.2, 0) is 11.2 Å². The molecule has 2 aromatic heterocycles. The minimum Gasteiger partial charge on any atom is -0.300 e. The van der Waals surface area contributed by atoms with Gasteiger partial charge in [-0.25, -0.2) is 0 Å². The maximum absolute atomic E-state index is 12.4. The summed E-state index contributed by atoms with van der Waals surface area (Å²) >= 11 is 1.48. The lowest BCUT2D eigenvalue weighted by atomic mass is 9.99. The molecule has 1 N–H and O–H groups in total. The smallest absolute Gasteiger partial charge is 0.230 e. The molecule has 0 saturated heterocycles. The van der Waals surface area contributed by atoms with E-state index in [0.29, 0.717) is 17.5 Å². The Morgan fingerprint density at radius 3 is 2.83 bits per heavy atom. The fraction of sp³-hybridized carbons (Fsp3) is 0.333. The van der Waals surface area contributed by atoms with Gasteiger partial charge in [-0.05, 0) is 43.9 Å². The number of anilines is 1. The minimum atomic E-state index is -0.0724. The molecular weight excluding hydrogens is 320 g/mol. The highest BCUT2D eigenvalue weighted by atomic mass is 32.1. The monoisotopic (exact) mass is 338 g/mol. The van der Waals surface area contributed by atoms with Crippen molar-refractivity contribution in [2.24, 2.45) is 0 Å². The van der Waals surface area contributed by atoms with Gasteiger partial charge in [-0.15, -0.1) is 10.2 Å². The molecular formula is C18H18N4OS. The number of rotatable bonds is 4. The second-order valence-electron chi connectivity index (χ2n) is 6.26. The summed E-state index contributed by atoms with van der Waals surface area (Å²) in [6.07, 6.45) is 2.67. The van der Waals surface area contributed by atoms with Crippen LogP contribution in [0.3, 0.4) is 0 Å². The molecule has 1 aliphatic carbocycles. The Bertz CT molecular complexity index is 930. The number of nitrogens with zero attached hydrogens (tertiary/aromatic N) is 3. The largest absolute Gasteiger partial charge is 0.300 e. The maximum Gasteiger partial charge on any atom is 0.230 e. The van der Waals surface area contributed by atoms with Crippen LogP contribution in [-0.4, -0.2) is 21.1 Å². The first-order chi connectivity index (χ1) is 11.6. The molecule has 122 valence electrons. The standard InChI is InChI=1S/C18H18N4OS/c1-10-13-5-3-4-6-15(13)19-11(2)14(10)9-16(23)20-18-22-21-17(24-18)12-7-8-12/h3-6,12H,7-9H2,1-2H3,(H,20,22,23). The van der Waals surface area contributed by atoms with E-state index in [4.69, 9.17) is 0 Å². The van der Waals surface area contributed by atoms with Crippen molar-refractivity contribution in [3.63, 3.8) is 0 Å². The molecule has 0 radical (unpaired) electrons. The first kappa shape index (κ1) is 15.2. The van der Waals surface area contributed by atoms with Crippen molar-refractivity contribution in [1.29, 1.82) is 0 Å². The van der Waals surface area contributed by atoms with Gasteiger partial charge in [-0.3, -0.25) is 9.78 Å². The number of nitrogens with one attached hydrogen (secondary N) is 1. The van der Waals surface area contributed by atoms with E-state index >= 15 is 0 Å². The Balaban J connectivity index is 1.55. The summed E-state index contributed by atoms with van der Waals surface area (Å²) in [6.45, 7) is 4.01. The van der Waals surface area contributed by atoms with Gasteiger partial charge in [0.15, 0.2) is 0 Å². The molecule has 6 heteroatoms. The van der Waals surface area contributed by atoms with Crippen LogP contribution in [0.1, 0.15) is 40.6 Å². The average Bonchev–Trinajstić information content (AvgIpc) is 3.32. The Labute approximate surface area is 144 Å². The molecule has 0 spiro atoms. The third-order valence-electron chi connectivity index (χ3n) is 4.44.